The van der Waals surface area contributed by atoms with Crippen molar-refractivity contribution in [3.8, 4) is 5.75 Å². The monoisotopic (exact) mass is 522 g/mol. The van der Waals surface area contributed by atoms with Gasteiger partial charge in [0, 0.05) is 17.8 Å². The van der Waals surface area contributed by atoms with Crippen molar-refractivity contribution >= 4 is 27.4 Å². The Kier molecular flexibility index (Phi) is 6.08. The lowest BCUT2D eigenvalue weighted by molar-refractivity contribution is -0.184. The second-order valence-electron chi connectivity index (χ2n) is 9.77. The number of ether oxygens (including phenoxy) is 1. The Morgan fingerprint density at radius 3 is 2.08 bits per heavy atom. The number of Topliss-reactive ketones (excluding diaryl/α,β-unsaturated/α-hetero) is 1. The number of ketones is 1. The van der Waals surface area contributed by atoms with Crippen LogP contribution in [0.5, 0.6) is 5.75 Å². The first-order valence-corrected chi connectivity index (χ1v) is 12.5. The topological polar surface area (TPSA) is 92.8 Å². The molecule has 0 radical (unpaired) electrons. The number of hydrogen-bond acceptors (Lipinski definition) is 5. The zero-order chi connectivity index (χ0) is 26.7. The number of nitrogens with zero attached hydrogens (tertiary/aromatic N) is 1. The largest absolute Gasteiger partial charge is 0.497 e. The first kappa shape index (κ1) is 25.9. The van der Waals surface area contributed by atoms with Crippen LogP contribution in [0, 0.1) is 12.3 Å². The van der Waals surface area contributed by atoms with E-state index in [1.165, 1.54) is 43.5 Å². The smallest absolute Gasteiger partial charge is 0.421 e. The molecule has 1 amide bonds. The number of carbonyl (C=O) groups is 2. The molecule has 1 atom stereocenters. The van der Waals surface area contributed by atoms with Crippen molar-refractivity contribution in [1.29, 1.82) is 0 Å². The van der Waals surface area contributed by atoms with Gasteiger partial charge in [-0.2, -0.15) is 17.9 Å². The average Bonchev–Trinajstić information content (AvgIpc) is 3.01. The van der Waals surface area contributed by atoms with Crippen molar-refractivity contribution in [3.05, 3.63) is 65.4 Å². The molecule has 0 fully saturated rings. The molecule has 7 nitrogen and oxygen atoms in total. The minimum Gasteiger partial charge on any atom is -0.497 e. The molecule has 2 aromatic rings. The van der Waals surface area contributed by atoms with Crippen molar-refractivity contribution in [3.63, 3.8) is 0 Å². The molecule has 0 saturated heterocycles. The van der Waals surface area contributed by atoms with Gasteiger partial charge in [0.25, 0.3) is 5.91 Å². The summed E-state index contributed by atoms with van der Waals surface area (Å²) in [5.74, 6) is -2.14. The zero-order valence-corrected chi connectivity index (χ0v) is 20.9. The summed E-state index contributed by atoms with van der Waals surface area (Å²) in [4.78, 5) is 27.4. The van der Waals surface area contributed by atoms with E-state index >= 15 is 0 Å². The number of carbonyl (C=O) groups excluding carboxylic acids is 2. The van der Waals surface area contributed by atoms with Crippen LogP contribution in [0.4, 0.5) is 18.9 Å². The molecule has 1 heterocycles. The molecule has 0 saturated carbocycles. The SMILES string of the molecule is COc1ccc(N2C(=O)C(NS(=O)(=O)c3ccc(C)cc3)(C(F)(F)F)C3=C2CC(C)(C)CC3=O)cc1. The predicted octanol–water partition coefficient (Wildman–Crippen LogP) is 4.27. The van der Waals surface area contributed by atoms with Gasteiger partial charge in [-0.05, 0) is 55.2 Å². The van der Waals surface area contributed by atoms with Crippen molar-refractivity contribution in [2.24, 2.45) is 5.41 Å². The van der Waals surface area contributed by atoms with Crippen molar-refractivity contribution in [2.45, 2.75) is 50.2 Å². The summed E-state index contributed by atoms with van der Waals surface area (Å²) in [5, 5.41) is 0. The fraction of sp³-hybridized carbons (Fsp3) is 0.360. The Bertz CT molecular complexity index is 1360. The molecule has 0 spiro atoms. The van der Waals surface area contributed by atoms with Crippen molar-refractivity contribution < 1.29 is 35.9 Å². The van der Waals surface area contributed by atoms with Crippen LogP contribution in [-0.2, 0) is 19.6 Å². The second-order valence-corrected chi connectivity index (χ2v) is 11.4. The Hall–Kier alpha value is -3.18. The predicted molar refractivity (Wildman–Crippen MR) is 126 cm³/mol. The van der Waals surface area contributed by atoms with Crippen LogP contribution in [0.15, 0.2) is 64.7 Å². The molecular weight excluding hydrogens is 497 g/mol. The quantitative estimate of drug-likeness (QED) is 0.633. The van der Waals surface area contributed by atoms with Gasteiger partial charge < -0.3 is 4.74 Å². The summed E-state index contributed by atoms with van der Waals surface area (Å²) in [6.45, 7) is 5.10. The van der Waals surface area contributed by atoms with E-state index in [1.54, 1.807) is 25.5 Å². The van der Waals surface area contributed by atoms with E-state index in [1.807, 2.05) is 0 Å². The number of hydrogen-bond donors (Lipinski definition) is 1. The van der Waals surface area contributed by atoms with E-state index in [-0.39, 0.29) is 24.2 Å². The summed E-state index contributed by atoms with van der Waals surface area (Å²) in [6, 6.07) is 10.8. The highest BCUT2D eigenvalue weighted by molar-refractivity contribution is 7.89. The zero-order valence-electron chi connectivity index (χ0n) is 20.1. The number of aryl methyl sites for hydroxylation is 1. The van der Waals surface area contributed by atoms with Crippen LogP contribution >= 0.6 is 0 Å². The summed E-state index contributed by atoms with van der Waals surface area (Å²) >= 11 is 0. The molecule has 11 heteroatoms. The number of methoxy groups -OCH3 is 1. The van der Waals surface area contributed by atoms with E-state index in [0.717, 1.165) is 17.0 Å². The number of alkyl halides is 3. The molecule has 36 heavy (non-hydrogen) atoms. The molecule has 1 aliphatic heterocycles. The minimum atomic E-state index is -5.46. The molecular formula is C25H25F3N2O5S. The van der Waals surface area contributed by atoms with Gasteiger partial charge in [0.1, 0.15) is 5.75 Å². The average molecular weight is 523 g/mol. The van der Waals surface area contributed by atoms with Gasteiger partial charge in [-0.3, -0.25) is 14.5 Å². The van der Waals surface area contributed by atoms with Gasteiger partial charge in [-0.15, -0.1) is 0 Å². The first-order valence-electron chi connectivity index (χ1n) is 11.1. The number of halogens is 3. The molecule has 0 bridgehead atoms. The number of anilines is 1. The van der Waals surface area contributed by atoms with Crippen LogP contribution in [-0.4, -0.2) is 38.9 Å². The van der Waals surface area contributed by atoms with E-state index in [2.05, 4.69) is 0 Å². The molecule has 1 aliphatic carbocycles. The summed E-state index contributed by atoms with van der Waals surface area (Å²) in [7, 11) is -3.47. The number of benzene rings is 2. The molecule has 2 aliphatic rings. The molecule has 1 N–H and O–H groups in total. The Labute approximate surface area is 207 Å². The fourth-order valence-corrected chi connectivity index (χ4v) is 6.02. The van der Waals surface area contributed by atoms with Gasteiger partial charge in [0.2, 0.25) is 15.6 Å². The first-order chi connectivity index (χ1) is 16.6. The summed E-state index contributed by atoms with van der Waals surface area (Å²) < 4.78 is 77.9. The van der Waals surface area contributed by atoms with Gasteiger partial charge in [0.05, 0.1) is 17.6 Å². The van der Waals surface area contributed by atoms with Crippen LogP contribution < -0.4 is 14.4 Å². The van der Waals surface area contributed by atoms with Gasteiger partial charge in [-0.1, -0.05) is 31.5 Å². The Morgan fingerprint density at radius 2 is 1.56 bits per heavy atom. The maximum atomic E-state index is 14.9. The van der Waals surface area contributed by atoms with E-state index in [4.69, 9.17) is 4.74 Å². The maximum Gasteiger partial charge on any atom is 0.421 e. The number of nitrogens with one attached hydrogen (secondary N) is 1. The number of sulfonamides is 1. The highest BCUT2D eigenvalue weighted by atomic mass is 32.2. The van der Waals surface area contributed by atoms with Crippen molar-refractivity contribution in [1.82, 2.24) is 4.72 Å². The fourth-order valence-electron chi connectivity index (χ4n) is 4.70. The van der Waals surface area contributed by atoms with Crippen LogP contribution in [0.3, 0.4) is 0 Å². The molecule has 0 aromatic heterocycles. The van der Waals surface area contributed by atoms with Gasteiger partial charge in [-0.25, -0.2) is 8.42 Å². The van der Waals surface area contributed by atoms with Crippen LogP contribution in [0.1, 0.15) is 32.3 Å². The van der Waals surface area contributed by atoms with Gasteiger partial charge in [0.15, 0.2) is 5.78 Å². The molecule has 2 aromatic carbocycles. The Balaban J connectivity index is 1.96. The normalized spacial score (nSPS) is 22.1. The van der Waals surface area contributed by atoms with E-state index in [9.17, 15) is 31.2 Å². The third kappa shape index (κ3) is 4.09. The summed E-state index contributed by atoms with van der Waals surface area (Å²) in [6.07, 6.45) is -5.78. The molecule has 192 valence electrons. The second kappa shape index (κ2) is 8.45. The Morgan fingerprint density at radius 1 is 0.972 bits per heavy atom. The third-order valence-electron chi connectivity index (χ3n) is 6.40. The minimum absolute atomic E-state index is 0.0457. The van der Waals surface area contributed by atoms with E-state index in [0.29, 0.717) is 11.3 Å². The number of amides is 1. The van der Waals surface area contributed by atoms with E-state index < -0.39 is 49.3 Å². The maximum absolute atomic E-state index is 14.9. The van der Waals surface area contributed by atoms with Crippen molar-refractivity contribution in [2.75, 3.05) is 12.0 Å². The molecule has 1 unspecified atom stereocenters. The third-order valence-corrected chi connectivity index (χ3v) is 7.86. The number of allylic oxidation sites excluding steroid dienone is 1. The lowest BCUT2D eigenvalue weighted by atomic mass is 9.72. The summed E-state index contributed by atoms with van der Waals surface area (Å²) in [5.41, 5.74) is -4.84. The van der Waals surface area contributed by atoms with Crippen LogP contribution in [0.2, 0.25) is 0 Å². The standard InChI is InChI=1S/C25H25F3N2O5S/c1-15-5-11-18(12-6-15)36(33,34)29-24(25(26,27)28)21-19(13-23(2,3)14-20(21)31)30(22(24)32)16-7-9-17(35-4)10-8-16/h5-12,29H,13-14H2,1-4H3. The number of rotatable bonds is 5. The van der Waals surface area contributed by atoms with Crippen LogP contribution in [0.25, 0.3) is 0 Å². The lowest BCUT2D eigenvalue weighted by Crippen LogP contribution is -2.66. The van der Waals surface area contributed by atoms with Gasteiger partial charge >= 0.3 is 6.18 Å². The highest BCUT2D eigenvalue weighted by Gasteiger charge is 2.72. The highest BCUT2D eigenvalue weighted by Crippen LogP contribution is 2.53. The lowest BCUT2D eigenvalue weighted by Gasteiger charge is -2.35. The molecule has 4 rings (SSSR count).